The molecule has 5 nitrogen and oxygen atoms in total. The van der Waals surface area contributed by atoms with Gasteiger partial charge in [-0.1, -0.05) is 0 Å². The molecule has 1 aliphatic carbocycles. The number of nitrogens with zero attached hydrogens (tertiary/aromatic N) is 3. The Hall–Kier alpha value is -1.20. The highest BCUT2D eigenvalue weighted by atomic mass is 16.3. The SMILES string of the molecule is OC1CCN(CCCNc2ccnc(C3CC3)n2)CC1. The highest BCUT2D eigenvalue weighted by Crippen LogP contribution is 2.37. The Morgan fingerprint density at radius 1 is 1.25 bits per heavy atom. The first-order chi connectivity index (χ1) is 9.81. The van der Waals surface area contributed by atoms with Crippen molar-refractivity contribution in [3.8, 4) is 0 Å². The van der Waals surface area contributed by atoms with E-state index in [0.29, 0.717) is 5.92 Å². The summed E-state index contributed by atoms with van der Waals surface area (Å²) in [5.41, 5.74) is 0. The van der Waals surface area contributed by atoms with E-state index in [4.69, 9.17) is 0 Å². The summed E-state index contributed by atoms with van der Waals surface area (Å²) in [7, 11) is 0. The Morgan fingerprint density at radius 2 is 2.05 bits per heavy atom. The Kier molecular flexibility index (Phi) is 4.47. The Morgan fingerprint density at radius 3 is 2.80 bits per heavy atom. The molecule has 0 unspecified atom stereocenters. The minimum atomic E-state index is -0.0776. The molecule has 110 valence electrons. The molecule has 3 rings (SSSR count). The molecule has 0 spiro atoms. The number of aliphatic hydroxyl groups excluding tert-OH is 1. The topological polar surface area (TPSA) is 61.3 Å². The number of hydrogen-bond acceptors (Lipinski definition) is 5. The van der Waals surface area contributed by atoms with Crippen molar-refractivity contribution in [3.05, 3.63) is 18.1 Å². The fraction of sp³-hybridized carbons (Fsp3) is 0.733. The van der Waals surface area contributed by atoms with Gasteiger partial charge in [0.15, 0.2) is 0 Å². The van der Waals surface area contributed by atoms with Gasteiger partial charge in [-0.05, 0) is 44.7 Å². The van der Waals surface area contributed by atoms with E-state index in [1.807, 2.05) is 12.3 Å². The van der Waals surface area contributed by atoms with Gasteiger partial charge in [-0.15, -0.1) is 0 Å². The van der Waals surface area contributed by atoms with Crippen LogP contribution in [-0.4, -0.2) is 52.3 Å². The maximum atomic E-state index is 9.47. The van der Waals surface area contributed by atoms with Gasteiger partial charge in [-0.2, -0.15) is 0 Å². The zero-order valence-electron chi connectivity index (χ0n) is 12.0. The molecule has 1 aromatic rings. The van der Waals surface area contributed by atoms with Crippen LogP contribution in [0.25, 0.3) is 0 Å². The molecule has 2 N–H and O–H groups in total. The maximum Gasteiger partial charge on any atom is 0.133 e. The predicted molar refractivity (Wildman–Crippen MR) is 78.8 cm³/mol. The Balaban J connectivity index is 1.36. The first kappa shape index (κ1) is 13.8. The van der Waals surface area contributed by atoms with Crippen LogP contribution in [-0.2, 0) is 0 Å². The van der Waals surface area contributed by atoms with Gasteiger partial charge >= 0.3 is 0 Å². The van der Waals surface area contributed by atoms with Crippen LogP contribution in [0.1, 0.15) is 43.8 Å². The lowest BCUT2D eigenvalue weighted by molar-refractivity contribution is 0.0825. The molecule has 0 aromatic carbocycles. The molecule has 0 amide bonds. The first-order valence-corrected chi connectivity index (χ1v) is 7.78. The van der Waals surface area contributed by atoms with Gasteiger partial charge < -0.3 is 15.3 Å². The number of anilines is 1. The molecular formula is C15H24N4O. The van der Waals surface area contributed by atoms with E-state index in [0.717, 1.165) is 57.1 Å². The van der Waals surface area contributed by atoms with Crippen LogP contribution in [0.2, 0.25) is 0 Å². The van der Waals surface area contributed by atoms with Gasteiger partial charge in [0.05, 0.1) is 6.10 Å². The number of nitrogens with one attached hydrogen (secondary N) is 1. The van der Waals surface area contributed by atoms with Crippen molar-refractivity contribution in [3.63, 3.8) is 0 Å². The summed E-state index contributed by atoms with van der Waals surface area (Å²) in [5.74, 6) is 2.56. The molecule has 0 atom stereocenters. The lowest BCUT2D eigenvalue weighted by atomic mass is 10.1. The van der Waals surface area contributed by atoms with Gasteiger partial charge in [-0.3, -0.25) is 0 Å². The molecule has 0 radical (unpaired) electrons. The molecular weight excluding hydrogens is 252 g/mol. The minimum Gasteiger partial charge on any atom is -0.393 e. The number of aliphatic hydroxyl groups is 1. The van der Waals surface area contributed by atoms with E-state index < -0.39 is 0 Å². The molecule has 1 aromatic heterocycles. The lowest BCUT2D eigenvalue weighted by Crippen LogP contribution is -2.36. The molecule has 20 heavy (non-hydrogen) atoms. The van der Waals surface area contributed by atoms with E-state index in [2.05, 4.69) is 20.2 Å². The number of hydrogen-bond donors (Lipinski definition) is 2. The van der Waals surface area contributed by atoms with Gasteiger partial charge in [0.1, 0.15) is 11.6 Å². The number of aromatic nitrogens is 2. The number of likely N-dealkylation sites (tertiary alicyclic amines) is 1. The summed E-state index contributed by atoms with van der Waals surface area (Å²) >= 11 is 0. The van der Waals surface area contributed by atoms with E-state index >= 15 is 0 Å². The summed E-state index contributed by atoms with van der Waals surface area (Å²) in [6, 6.07) is 1.95. The standard InChI is InChI=1S/C15H24N4O/c20-13-5-10-19(11-6-13)9-1-7-16-14-4-8-17-15(18-14)12-2-3-12/h4,8,12-13,20H,1-3,5-7,9-11H2,(H,16,17,18). The molecule has 2 heterocycles. The summed E-state index contributed by atoms with van der Waals surface area (Å²) in [4.78, 5) is 11.3. The predicted octanol–water partition coefficient (Wildman–Crippen LogP) is 1.61. The lowest BCUT2D eigenvalue weighted by Gasteiger charge is -2.29. The van der Waals surface area contributed by atoms with E-state index in [1.165, 1.54) is 12.8 Å². The Labute approximate surface area is 120 Å². The molecule has 1 saturated carbocycles. The van der Waals surface area contributed by atoms with Gasteiger partial charge in [0, 0.05) is 31.7 Å². The van der Waals surface area contributed by atoms with Crippen LogP contribution >= 0.6 is 0 Å². The third-order valence-electron chi connectivity index (χ3n) is 4.13. The zero-order valence-corrected chi connectivity index (χ0v) is 12.0. The fourth-order valence-corrected chi connectivity index (χ4v) is 2.67. The second-order valence-electron chi connectivity index (χ2n) is 5.93. The second-order valence-corrected chi connectivity index (χ2v) is 5.93. The second kappa shape index (κ2) is 6.50. The van der Waals surface area contributed by atoms with Crippen molar-refractivity contribution in [2.45, 2.75) is 44.1 Å². The average molecular weight is 276 g/mol. The number of rotatable bonds is 6. The highest BCUT2D eigenvalue weighted by molar-refractivity contribution is 5.33. The van der Waals surface area contributed by atoms with Crippen molar-refractivity contribution in [2.75, 3.05) is 31.5 Å². The van der Waals surface area contributed by atoms with Crippen molar-refractivity contribution < 1.29 is 5.11 Å². The van der Waals surface area contributed by atoms with Crippen LogP contribution < -0.4 is 5.32 Å². The molecule has 1 saturated heterocycles. The average Bonchev–Trinajstić information content (AvgIpc) is 3.30. The minimum absolute atomic E-state index is 0.0776. The summed E-state index contributed by atoms with van der Waals surface area (Å²) in [6.45, 7) is 4.10. The van der Waals surface area contributed by atoms with Crippen LogP contribution in [0.4, 0.5) is 5.82 Å². The van der Waals surface area contributed by atoms with Gasteiger partial charge in [0.2, 0.25) is 0 Å². The van der Waals surface area contributed by atoms with E-state index in [9.17, 15) is 5.11 Å². The normalized spacial score (nSPS) is 21.1. The smallest absolute Gasteiger partial charge is 0.133 e. The Bertz CT molecular complexity index is 428. The van der Waals surface area contributed by atoms with Crippen molar-refractivity contribution >= 4 is 5.82 Å². The molecule has 5 heteroatoms. The quantitative estimate of drug-likeness (QED) is 0.773. The van der Waals surface area contributed by atoms with Crippen LogP contribution in [0.5, 0.6) is 0 Å². The van der Waals surface area contributed by atoms with Gasteiger partial charge in [0.25, 0.3) is 0 Å². The van der Waals surface area contributed by atoms with Crippen LogP contribution in [0.3, 0.4) is 0 Å². The van der Waals surface area contributed by atoms with E-state index in [-0.39, 0.29) is 6.10 Å². The van der Waals surface area contributed by atoms with Crippen LogP contribution in [0, 0.1) is 0 Å². The largest absolute Gasteiger partial charge is 0.393 e. The number of piperidine rings is 1. The van der Waals surface area contributed by atoms with Crippen molar-refractivity contribution in [1.82, 2.24) is 14.9 Å². The molecule has 1 aliphatic heterocycles. The zero-order chi connectivity index (χ0) is 13.8. The third kappa shape index (κ3) is 3.90. The molecule has 2 fully saturated rings. The summed E-state index contributed by atoms with van der Waals surface area (Å²) in [5, 5.41) is 12.9. The van der Waals surface area contributed by atoms with E-state index in [1.54, 1.807) is 0 Å². The van der Waals surface area contributed by atoms with Gasteiger partial charge in [-0.25, -0.2) is 9.97 Å². The van der Waals surface area contributed by atoms with Crippen molar-refractivity contribution in [1.29, 1.82) is 0 Å². The summed E-state index contributed by atoms with van der Waals surface area (Å²) < 4.78 is 0. The van der Waals surface area contributed by atoms with Crippen LogP contribution in [0.15, 0.2) is 12.3 Å². The highest BCUT2D eigenvalue weighted by Gasteiger charge is 2.26. The first-order valence-electron chi connectivity index (χ1n) is 7.78. The summed E-state index contributed by atoms with van der Waals surface area (Å²) in [6.07, 6.45) is 7.21. The maximum absolute atomic E-state index is 9.47. The molecule has 0 bridgehead atoms. The monoisotopic (exact) mass is 276 g/mol. The van der Waals surface area contributed by atoms with Crippen molar-refractivity contribution in [2.24, 2.45) is 0 Å². The fourth-order valence-electron chi connectivity index (χ4n) is 2.67. The molecule has 2 aliphatic rings. The third-order valence-corrected chi connectivity index (χ3v) is 4.13.